The van der Waals surface area contributed by atoms with Crippen LogP contribution in [-0.4, -0.2) is 29.9 Å². The molecule has 2 N–H and O–H groups in total. The van der Waals surface area contributed by atoms with Gasteiger partial charge < -0.3 is 10.6 Å². The largest absolute Gasteiger partial charge is 0.337 e. The summed E-state index contributed by atoms with van der Waals surface area (Å²) in [4.78, 5) is 14.0. The summed E-state index contributed by atoms with van der Waals surface area (Å²) in [6.07, 6.45) is 0.880. The topological polar surface area (TPSA) is 46.3 Å². The Balaban J connectivity index is 0.00000144. The first-order chi connectivity index (χ1) is 7.59. The molecule has 0 saturated carbocycles. The van der Waals surface area contributed by atoms with Crippen molar-refractivity contribution in [2.45, 2.75) is 19.4 Å². The summed E-state index contributed by atoms with van der Waals surface area (Å²) in [7, 11) is 0. The standard InChI is InChI=1S/C12H15ClN2O.ClH/c1-8-10(3-2-4-11(8)13)12(16)15-6-5-9(14)7-15;/h2-4,9H,5-7,14H2,1H3;1H. The van der Waals surface area contributed by atoms with Crippen LogP contribution in [0.5, 0.6) is 0 Å². The van der Waals surface area contributed by atoms with Crippen molar-refractivity contribution in [3.63, 3.8) is 0 Å². The molecule has 1 aliphatic heterocycles. The third-order valence-corrected chi connectivity index (χ3v) is 3.42. The van der Waals surface area contributed by atoms with Crippen LogP contribution in [0, 0.1) is 6.92 Å². The van der Waals surface area contributed by atoms with Crippen LogP contribution in [0.4, 0.5) is 0 Å². The Bertz CT molecular complexity index is 423. The maximum atomic E-state index is 12.2. The Morgan fingerprint density at radius 3 is 2.82 bits per heavy atom. The van der Waals surface area contributed by atoms with E-state index in [2.05, 4.69) is 0 Å². The van der Waals surface area contributed by atoms with E-state index in [0.29, 0.717) is 17.1 Å². The van der Waals surface area contributed by atoms with Crippen LogP contribution in [0.15, 0.2) is 18.2 Å². The number of amides is 1. The average molecular weight is 275 g/mol. The summed E-state index contributed by atoms with van der Waals surface area (Å²) < 4.78 is 0. The Kier molecular flexibility index (Phi) is 4.80. The van der Waals surface area contributed by atoms with Gasteiger partial charge in [0, 0.05) is 29.7 Å². The van der Waals surface area contributed by atoms with Crippen molar-refractivity contribution >= 4 is 29.9 Å². The van der Waals surface area contributed by atoms with Crippen LogP contribution in [0.3, 0.4) is 0 Å². The molecule has 1 aromatic rings. The van der Waals surface area contributed by atoms with Gasteiger partial charge in [-0.25, -0.2) is 0 Å². The molecule has 3 nitrogen and oxygen atoms in total. The van der Waals surface area contributed by atoms with Gasteiger partial charge in [-0.2, -0.15) is 0 Å². The number of nitrogens with two attached hydrogens (primary N) is 1. The lowest BCUT2D eigenvalue weighted by molar-refractivity contribution is 0.0790. The molecular weight excluding hydrogens is 259 g/mol. The molecule has 2 rings (SSSR count). The zero-order valence-electron chi connectivity index (χ0n) is 9.65. The van der Waals surface area contributed by atoms with E-state index in [9.17, 15) is 4.79 Å². The molecule has 1 aliphatic rings. The minimum Gasteiger partial charge on any atom is -0.337 e. The summed E-state index contributed by atoms with van der Waals surface area (Å²) in [5.74, 6) is 0.0351. The van der Waals surface area contributed by atoms with Crippen LogP contribution in [0.25, 0.3) is 0 Å². The van der Waals surface area contributed by atoms with Gasteiger partial charge >= 0.3 is 0 Å². The first-order valence-electron chi connectivity index (χ1n) is 5.39. The van der Waals surface area contributed by atoms with Gasteiger partial charge in [-0.05, 0) is 31.0 Å². The van der Waals surface area contributed by atoms with Crippen LogP contribution in [0.2, 0.25) is 5.02 Å². The number of carbonyl (C=O) groups is 1. The van der Waals surface area contributed by atoms with Gasteiger partial charge in [-0.3, -0.25) is 4.79 Å². The Labute approximate surface area is 112 Å². The van der Waals surface area contributed by atoms with Gasteiger partial charge in [0.05, 0.1) is 0 Å². The van der Waals surface area contributed by atoms with E-state index >= 15 is 0 Å². The number of hydrogen-bond donors (Lipinski definition) is 1. The predicted octanol–water partition coefficient (Wildman–Crippen LogP) is 2.24. The Morgan fingerprint density at radius 2 is 2.24 bits per heavy atom. The van der Waals surface area contributed by atoms with Crippen LogP contribution in [0.1, 0.15) is 22.3 Å². The Morgan fingerprint density at radius 1 is 1.53 bits per heavy atom. The maximum Gasteiger partial charge on any atom is 0.254 e. The van der Waals surface area contributed by atoms with Gasteiger partial charge in [0.2, 0.25) is 0 Å². The second-order valence-corrected chi connectivity index (χ2v) is 4.62. The molecule has 1 atom stereocenters. The molecular formula is C12H16Cl2N2O. The molecule has 0 bridgehead atoms. The maximum absolute atomic E-state index is 12.2. The lowest BCUT2D eigenvalue weighted by Gasteiger charge is -2.17. The normalized spacial score (nSPS) is 19.0. The molecule has 1 amide bonds. The quantitative estimate of drug-likeness (QED) is 0.854. The smallest absolute Gasteiger partial charge is 0.254 e. The zero-order valence-corrected chi connectivity index (χ0v) is 11.2. The number of carbonyl (C=O) groups excluding carboxylic acids is 1. The van der Waals surface area contributed by atoms with Gasteiger partial charge in [0.15, 0.2) is 0 Å². The van der Waals surface area contributed by atoms with E-state index in [4.69, 9.17) is 17.3 Å². The summed E-state index contributed by atoms with van der Waals surface area (Å²) in [6, 6.07) is 5.53. The molecule has 0 radical (unpaired) electrons. The SMILES string of the molecule is Cc1c(Cl)cccc1C(=O)N1CCC(N)C1.Cl. The number of benzene rings is 1. The van der Waals surface area contributed by atoms with E-state index in [-0.39, 0.29) is 24.4 Å². The highest BCUT2D eigenvalue weighted by Crippen LogP contribution is 2.21. The highest BCUT2D eigenvalue weighted by molar-refractivity contribution is 6.31. The van der Waals surface area contributed by atoms with E-state index in [1.807, 2.05) is 13.0 Å². The van der Waals surface area contributed by atoms with Crippen molar-refractivity contribution in [2.24, 2.45) is 5.73 Å². The van der Waals surface area contributed by atoms with Crippen molar-refractivity contribution in [1.29, 1.82) is 0 Å². The van der Waals surface area contributed by atoms with E-state index in [1.165, 1.54) is 0 Å². The second-order valence-electron chi connectivity index (χ2n) is 4.21. The van der Waals surface area contributed by atoms with Gasteiger partial charge in [0.25, 0.3) is 5.91 Å². The minimum atomic E-state index is 0. The highest BCUT2D eigenvalue weighted by atomic mass is 35.5. The molecule has 0 aromatic heterocycles. The average Bonchev–Trinajstić information content (AvgIpc) is 2.68. The first kappa shape index (κ1) is 14.3. The van der Waals surface area contributed by atoms with Crippen molar-refractivity contribution in [3.05, 3.63) is 34.3 Å². The fraction of sp³-hybridized carbons (Fsp3) is 0.417. The molecule has 1 saturated heterocycles. The number of likely N-dealkylation sites (tertiary alicyclic amines) is 1. The van der Waals surface area contributed by atoms with Crippen LogP contribution >= 0.6 is 24.0 Å². The van der Waals surface area contributed by atoms with E-state index in [0.717, 1.165) is 18.5 Å². The summed E-state index contributed by atoms with van der Waals surface area (Å²) >= 11 is 6.00. The van der Waals surface area contributed by atoms with Crippen molar-refractivity contribution < 1.29 is 4.79 Å². The predicted molar refractivity (Wildman–Crippen MR) is 71.9 cm³/mol. The monoisotopic (exact) mass is 274 g/mol. The van der Waals surface area contributed by atoms with Gasteiger partial charge in [-0.15, -0.1) is 12.4 Å². The fourth-order valence-corrected chi connectivity index (χ4v) is 2.16. The molecule has 1 unspecified atom stereocenters. The number of rotatable bonds is 1. The van der Waals surface area contributed by atoms with E-state index < -0.39 is 0 Å². The molecule has 0 spiro atoms. The number of halogens is 2. The second kappa shape index (κ2) is 5.71. The van der Waals surface area contributed by atoms with Gasteiger partial charge in [0.1, 0.15) is 0 Å². The number of hydrogen-bond acceptors (Lipinski definition) is 2. The van der Waals surface area contributed by atoms with Crippen molar-refractivity contribution in [2.75, 3.05) is 13.1 Å². The third-order valence-electron chi connectivity index (χ3n) is 3.01. The van der Waals surface area contributed by atoms with Crippen molar-refractivity contribution in [3.8, 4) is 0 Å². The third kappa shape index (κ3) is 2.92. The molecule has 1 fully saturated rings. The summed E-state index contributed by atoms with van der Waals surface area (Å²) in [5.41, 5.74) is 7.31. The molecule has 1 heterocycles. The highest BCUT2D eigenvalue weighted by Gasteiger charge is 2.25. The lowest BCUT2D eigenvalue weighted by atomic mass is 10.1. The minimum absolute atomic E-state index is 0. The van der Waals surface area contributed by atoms with Crippen LogP contribution in [-0.2, 0) is 0 Å². The summed E-state index contributed by atoms with van der Waals surface area (Å²) in [6.45, 7) is 3.25. The molecule has 17 heavy (non-hydrogen) atoms. The molecule has 5 heteroatoms. The van der Waals surface area contributed by atoms with E-state index in [1.54, 1.807) is 17.0 Å². The summed E-state index contributed by atoms with van der Waals surface area (Å²) in [5, 5.41) is 0.634. The molecule has 1 aromatic carbocycles. The lowest BCUT2D eigenvalue weighted by Crippen LogP contribution is -2.32. The van der Waals surface area contributed by atoms with Crippen LogP contribution < -0.4 is 5.73 Å². The first-order valence-corrected chi connectivity index (χ1v) is 5.77. The zero-order chi connectivity index (χ0) is 11.7. The number of nitrogens with zero attached hydrogens (tertiary/aromatic N) is 1. The molecule has 0 aliphatic carbocycles. The van der Waals surface area contributed by atoms with Gasteiger partial charge in [-0.1, -0.05) is 17.7 Å². The Hall–Kier alpha value is -0.770. The molecule has 94 valence electrons. The fourth-order valence-electron chi connectivity index (χ4n) is 1.98. The van der Waals surface area contributed by atoms with Crippen molar-refractivity contribution in [1.82, 2.24) is 4.90 Å².